The molecule has 0 amide bonds. The van der Waals surface area contributed by atoms with E-state index >= 15 is 0 Å². The van der Waals surface area contributed by atoms with E-state index in [-0.39, 0.29) is 39.3 Å². The first kappa shape index (κ1) is 33.4. The van der Waals surface area contributed by atoms with Crippen LogP contribution in [0.3, 0.4) is 0 Å². The third-order valence-corrected chi connectivity index (χ3v) is 9.69. The van der Waals surface area contributed by atoms with Crippen LogP contribution >= 0.6 is 0 Å². The van der Waals surface area contributed by atoms with Crippen LogP contribution in [-0.2, 0) is 9.47 Å². The van der Waals surface area contributed by atoms with Crippen molar-refractivity contribution in [2.45, 2.75) is 128 Å². The molecule has 222 valence electrons. The van der Waals surface area contributed by atoms with Gasteiger partial charge in [-0.2, -0.15) is 0 Å². The number of hydrogen-bond acceptors (Lipinski definition) is 8. The van der Waals surface area contributed by atoms with Crippen LogP contribution < -0.4 is 0 Å². The standard InChI is InChI=1S/C30H54O8/c1-7-25(5)21-27(33,9-3)11-13-29(25,35)17-23(31)19-37-15-16-38-20-24(32)18-30(36)14-12-28(34,10-4)22-26(30,6)8-2/h11-14,23-24,31-36H,7-10,15-22H2,1-6H3. The third kappa shape index (κ3) is 7.46. The Bertz CT molecular complexity index is 752. The van der Waals surface area contributed by atoms with Gasteiger partial charge in [0.15, 0.2) is 0 Å². The number of aliphatic hydroxyl groups excluding tert-OH is 2. The number of hydrogen-bond donors (Lipinski definition) is 6. The molecule has 8 nitrogen and oxygen atoms in total. The fraction of sp³-hybridized carbons (Fsp3) is 0.867. The van der Waals surface area contributed by atoms with Gasteiger partial charge in [-0.15, -0.1) is 0 Å². The second-order valence-electron chi connectivity index (χ2n) is 12.5. The molecule has 0 bridgehead atoms. The molecule has 2 aliphatic rings. The van der Waals surface area contributed by atoms with Crippen LogP contribution in [0.2, 0.25) is 0 Å². The van der Waals surface area contributed by atoms with Gasteiger partial charge in [0.1, 0.15) is 0 Å². The van der Waals surface area contributed by atoms with E-state index in [0.717, 1.165) is 0 Å². The maximum absolute atomic E-state index is 11.3. The van der Waals surface area contributed by atoms with Crippen LogP contribution in [-0.4, -0.2) is 91.7 Å². The predicted molar refractivity (Wildman–Crippen MR) is 148 cm³/mol. The van der Waals surface area contributed by atoms with Crippen molar-refractivity contribution in [1.29, 1.82) is 0 Å². The molecule has 38 heavy (non-hydrogen) atoms. The molecule has 8 atom stereocenters. The molecule has 8 heteroatoms. The van der Waals surface area contributed by atoms with Crippen LogP contribution in [0.25, 0.3) is 0 Å². The Kier molecular flexibility index (Phi) is 11.2. The highest BCUT2D eigenvalue weighted by Gasteiger charge is 2.52. The monoisotopic (exact) mass is 542 g/mol. The first-order valence-corrected chi connectivity index (χ1v) is 14.4. The summed E-state index contributed by atoms with van der Waals surface area (Å²) in [6.45, 7) is 12.1. The van der Waals surface area contributed by atoms with Crippen molar-refractivity contribution in [2.75, 3.05) is 26.4 Å². The summed E-state index contributed by atoms with van der Waals surface area (Å²) < 4.78 is 11.1. The molecular formula is C30H54O8. The van der Waals surface area contributed by atoms with Crippen molar-refractivity contribution >= 4 is 0 Å². The van der Waals surface area contributed by atoms with Crippen LogP contribution in [0.15, 0.2) is 24.3 Å². The minimum atomic E-state index is -1.25. The lowest BCUT2D eigenvalue weighted by atomic mass is 9.60. The second kappa shape index (κ2) is 12.8. The van der Waals surface area contributed by atoms with Gasteiger partial charge in [0, 0.05) is 23.7 Å². The topological polar surface area (TPSA) is 140 Å². The van der Waals surface area contributed by atoms with Gasteiger partial charge in [-0.3, -0.25) is 0 Å². The molecule has 2 rings (SSSR count). The minimum absolute atomic E-state index is 0.0274. The predicted octanol–water partition coefficient (Wildman–Crippen LogP) is 3.02. The van der Waals surface area contributed by atoms with Gasteiger partial charge in [-0.05, 0) is 38.5 Å². The lowest BCUT2D eigenvalue weighted by Crippen LogP contribution is -2.54. The molecule has 0 spiro atoms. The molecule has 0 fully saturated rings. The number of rotatable bonds is 15. The van der Waals surface area contributed by atoms with E-state index in [9.17, 15) is 30.6 Å². The fourth-order valence-electron chi connectivity index (χ4n) is 6.13. The van der Waals surface area contributed by atoms with E-state index in [0.29, 0.717) is 38.5 Å². The highest BCUT2D eigenvalue weighted by Crippen LogP contribution is 2.50. The van der Waals surface area contributed by atoms with E-state index in [4.69, 9.17) is 9.47 Å². The maximum Gasteiger partial charge on any atom is 0.0908 e. The Hall–Kier alpha value is -0.840. The molecular weight excluding hydrogens is 488 g/mol. The molecule has 0 saturated carbocycles. The molecule has 6 N–H and O–H groups in total. The summed E-state index contributed by atoms with van der Waals surface area (Å²) in [6, 6.07) is 0. The molecule has 0 aromatic heterocycles. The van der Waals surface area contributed by atoms with Crippen LogP contribution in [0, 0.1) is 10.8 Å². The van der Waals surface area contributed by atoms with Crippen molar-refractivity contribution < 1.29 is 40.1 Å². The van der Waals surface area contributed by atoms with Gasteiger partial charge in [0.25, 0.3) is 0 Å². The zero-order valence-corrected chi connectivity index (χ0v) is 24.4. The van der Waals surface area contributed by atoms with E-state index < -0.39 is 45.4 Å². The molecule has 2 aliphatic carbocycles. The largest absolute Gasteiger partial charge is 0.391 e. The number of aliphatic hydroxyl groups is 6. The Morgan fingerprint density at radius 2 is 0.947 bits per heavy atom. The van der Waals surface area contributed by atoms with Gasteiger partial charge < -0.3 is 40.1 Å². The molecule has 0 radical (unpaired) electrons. The molecule has 0 aromatic rings. The first-order chi connectivity index (χ1) is 17.6. The Labute approximate surface area is 229 Å². The molecule has 0 heterocycles. The summed E-state index contributed by atoms with van der Waals surface area (Å²) in [5.41, 5.74) is -5.55. The van der Waals surface area contributed by atoms with Crippen LogP contribution in [0.5, 0.6) is 0 Å². The molecule has 0 aliphatic heterocycles. The van der Waals surface area contributed by atoms with Crippen molar-refractivity contribution in [3.05, 3.63) is 24.3 Å². The van der Waals surface area contributed by atoms with Gasteiger partial charge in [0.2, 0.25) is 0 Å². The first-order valence-electron chi connectivity index (χ1n) is 14.4. The average molecular weight is 543 g/mol. The average Bonchev–Trinajstić information content (AvgIpc) is 2.87. The summed E-state index contributed by atoms with van der Waals surface area (Å²) in [5.74, 6) is 0. The van der Waals surface area contributed by atoms with Gasteiger partial charge in [-0.25, -0.2) is 0 Å². The van der Waals surface area contributed by atoms with Crippen molar-refractivity contribution in [1.82, 2.24) is 0 Å². The zero-order chi connectivity index (χ0) is 28.9. The molecule has 0 saturated heterocycles. The van der Waals surface area contributed by atoms with Crippen LogP contribution in [0.1, 0.15) is 92.9 Å². The quantitative estimate of drug-likeness (QED) is 0.137. The number of ether oxygens (including phenoxy) is 2. The van der Waals surface area contributed by atoms with E-state index in [1.165, 1.54) is 0 Å². The summed E-state index contributed by atoms with van der Waals surface area (Å²) in [5, 5.41) is 65.2. The van der Waals surface area contributed by atoms with E-state index in [1.54, 1.807) is 24.3 Å². The Balaban J connectivity index is 1.77. The third-order valence-electron chi connectivity index (χ3n) is 9.69. The van der Waals surface area contributed by atoms with Gasteiger partial charge >= 0.3 is 0 Å². The van der Waals surface area contributed by atoms with E-state index in [2.05, 4.69) is 0 Å². The highest BCUT2D eigenvalue weighted by molar-refractivity contribution is 5.22. The Morgan fingerprint density at radius 3 is 1.24 bits per heavy atom. The maximum atomic E-state index is 11.3. The summed E-state index contributed by atoms with van der Waals surface area (Å²) in [7, 11) is 0. The van der Waals surface area contributed by atoms with Crippen molar-refractivity contribution in [3.8, 4) is 0 Å². The van der Waals surface area contributed by atoms with Crippen LogP contribution in [0.4, 0.5) is 0 Å². The normalized spacial score (nSPS) is 40.8. The summed E-state index contributed by atoms with van der Waals surface area (Å²) >= 11 is 0. The van der Waals surface area contributed by atoms with Crippen molar-refractivity contribution in [3.63, 3.8) is 0 Å². The summed E-state index contributed by atoms with van der Waals surface area (Å²) in [6.07, 6.45) is 8.28. The minimum Gasteiger partial charge on any atom is -0.391 e. The van der Waals surface area contributed by atoms with E-state index in [1.807, 2.05) is 41.5 Å². The lowest BCUT2D eigenvalue weighted by molar-refractivity contribution is -0.124. The fourth-order valence-corrected chi connectivity index (χ4v) is 6.13. The Morgan fingerprint density at radius 1 is 0.605 bits per heavy atom. The highest BCUT2D eigenvalue weighted by atomic mass is 16.5. The smallest absolute Gasteiger partial charge is 0.0908 e. The molecule has 8 unspecified atom stereocenters. The second-order valence-corrected chi connectivity index (χ2v) is 12.5. The zero-order valence-electron chi connectivity index (χ0n) is 24.4. The SMILES string of the molecule is CCC1(O)C=CC(O)(CC(O)COCCOCC(O)CC2(O)C=CC(O)(CC)CC2(C)CC)C(C)(CC)C1. The lowest BCUT2D eigenvalue weighted by Gasteiger charge is -2.50. The molecule has 0 aromatic carbocycles. The van der Waals surface area contributed by atoms with Gasteiger partial charge in [-0.1, -0.05) is 65.8 Å². The van der Waals surface area contributed by atoms with Gasteiger partial charge in [0.05, 0.1) is 61.0 Å². The summed E-state index contributed by atoms with van der Waals surface area (Å²) in [4.78, 5) is 0. The van der Waals surface area contributed by atoms with Crippen molar-refractivity contribution in [2.24, 2.45) is 10.8 Å².